The average Bonchev–Trinajstić information content (AvgIpc) is 3.57. The van der Waals surface area contributed by atoms with Crippen LogP contribution in [-0.4, -0.2) is 19.5 Å². The molecule has 4 heteroatoms. The summed E-state index contributed by atoms with van der Waals surface area (Å²) in [5, 5.41) is 4.97. The van der Waals surface area contributed by atoms with E-state index < -0.39 is 0 Å². The molecule has 0 atom stereocenters. The van der Waals surface area contributed by atoms with E-state index >= 15 is 0 Å². The van der Waals surface area contributed by atoms with Crippen molar-refractivity contribution in [3.63, 3.8) is 0 Å². The molecule has 0 saturated heterocycles. The first kappa shape index (κ1) is 27.5. The summed E-state index contributed by atoms with van der Waals surface area (Å²) in [5.74, 6) is 1.91. The molecule has 0 radical (unpaired) electrons. The number of hydrogen-bond donors (Lipinski definition) is 0. The Morgan fingerprint density at radius 2 is 1.08 bits per heavy atom. The van der Waals surface area contributed by atoms with Crippen LogP contribution in [0, 0.1) is 0 Å². The maximum absolute atomic E-state index is 5.24. The Bertz CT molecular complexity index is 2820. The predicted octanol–water partition coefficient (Wildman–Crippen LogP) is 11.4. The van der Waals surface area contributed by atoms with E-state index in [4.69, 9.17) is 15.0 Å². The van der Waals surface area contributed by atoms with Crippen molar-refractivity contribution in [2.24, 2.45) is 0 Å². The Morgan fingerprint density at radius 1 is 0.460 bits per heavy atom. The van der Waals surface area contributed by atoms with Crippen LogP contribution in [0.5, 0.6) is 0 Å². The van der Waals surface area contributed by atoms with E-state index in [0.29, 0.717) is 17.6 Å². The van der Waals surface area contributed by atoms with Gasteiger partial charge in [-0.15, -0.1) is 0 Å². The van der Waals surface area contributed by atoms with Crippen LogP contribution in [-0.2, 0) is 5.41 Å². The smallest absolute Gasteiger partial charge is 0.238 e. The number of para-hydroxylation sites is 1. The third-order valence-corrected chi connectivity index (χ3v) is 11.0. The van der Waals surface area contributed by atoms with Crippen LogP contribution < -0.4 is 0 Å². The molecule has 0 spiro atoms. The second-order valence-electron chi connectivity index (χ2n) is 14.0. The summed E-state index contributed by atoms with van der Waals surface area (Å²) < 4.78 is 2.28. The number of benzene rings is 7. The molecule has 11 rings (SSSR count). The number of fused-ring (bicyclic) bond motifs is 6. The third-order valence-electron chi connectivity index (χ3n) is 11.0. The number of rotatable bonds is 3. The van der Waals surface area contributed by atoms with Crippen molar-refractivity contribution in [3.8, 4) is 62.1 Å². The molecule has 234 valence electrons. The molecule has 50 heavy (non-hydrogen) atoms. The predicted molar refractivity (Wildman–Crippen MR) is 205 cm³/mol. The average molecular weight is 639 g/mol. The van der Waals surface area contributed by atoms with Gasteiger partial charge in [0.2, 0.25) is 5.95 Å². The van der Waals surface area contributed by atoms with Crippen LogP contribution in [0.25, 0.3) is 94.7 Å². The second-order valence-corrected chi connectivity index (χ2v) is 14.0. The van der Waals surface area contributed by atoms with Crippen molar-refractivity contribution >= 4 is 32.6 Å². The molecule has 2 aliphatic rings. The summed E-state index contributed by atoms with van der Waals surface area (Å²) in [4.78, 5) is 15.5. The fourth-order valence-corrected chi connectivity index (χ4v) is 8.75. The highest BCUT2D eigenvalue weighted by atomic mass is 15.2. The maximum atomic E-state index is 5.24. The monoisotopic (exact) mass is 638 g/mol. The summed E-state index contributed by atoms with van der Waals surface area (Å²) in [7, 11) is 0. The minimum atomic E-state index is -0.214. The zero-order valence-corrected chi connectivity index (χ0v) is 27.6. The van der Waals surface area contributed by atoms with Gasteiger partial charge in [-0.1, -0.05) is 147 Å². The van der Waals surface area contributed by atoms with Crippen LogP contribution in [0.1, 0.15) is 25.0 Å². The van der Waals surface area contributed by atoms with Gasteiger partial charge in [0.05, 0.1) is 11.0 Å². The van der Waals surface area contributed by atoms with Crippen molar-refractivity contribution in [1.82, 2.24) is 19.5 Å². The topological polar surface area (TPSA) is 43.6 Å². The summed E-state index contributed by atoms with van der Waals surface area (Å²) in [5.41, 5.74) is 14.5. The van der Waals surface area contributed by atoms with Crippen LogP contribution in [0.4, 0.5) is 0 Å². The van der Waals surface area contributed by atoms with Gasteiger partial charge in [0.1, 0.15) is 0 Å². The molecule has 0 bridgehead atoms. The second kappa shape index (κ2) is 9.83. The summed E-state index contributed by atoms with van der Waals surface area (Å²) in [6.07, 6.45) is 0. The van der Waals surface area contributed by atoms with Crippen molar-refractivity contribution in [2.45, 2.75) is 19.3 Å². The molecular weight excluding hydrogens is 609 g/mol. The summed E-state index contributed by atoms with van der Waals surface area (Å²) >= 11 is 0. The lowest BCUT2D eigenvalue weighted by atomic mass is 9.80. The van der Waals surface area contributed by atoms with Gasteiger partial charge in [-0.25, -0.2) is 4.98 Å². The lowest BCUT2D eigenvalue weighted by molar-refractivity contribution is 0.661. The molecule has 0 N–H and O–H groups in total. The van der Waals surface area contributed by atoms with Crippen molar-refractivity contribution in [3.05, 3.63) is 157 Å². The molecule has 0 amide bonds. The lowest BCUT2D eigenvalue weighted by Gasteiger charge is -2.23. The van der Waals surface area contributed by atoms with Crippen molar-refractivity contribution in [2.75, 3.05) is 0 Å². The van der Waals surface area contributed by atoms with E-state index in [2.05, 4.69) is 128 Å². The Balaban J connectivity index is 1.34. The van der Waals surface area contributed by atoms with Gasteiger partial charge in [-0.05, 0) is 61.8 Å². The van der Waals surface area contributed by atoms with E-state index in [0.717, 1.165) is 22.2 Å². The fraction of sp³-hybridized carbons (Fsp3) is 0.0652. The van der Waals surface area contributed by atoms with E-state index in [1.807, 2.05) is 36.4 Å². The molecular formula is C46H30N4. The van der Waals surface area contributed by atoms with Crippen LogP contribution in [0.2, 0.25) is 0 Å². The molecule has 0 saturated carbocycles. The zero-order chi connectivity index (χ0) is 33.1. The molecule has 0 fully saturated rings. The zero-order valence-electron chi connectivity index (χ0n) is 27.6. The number of aromatic nitrogens is 4. The maximum Gasteiger partial charge on any atom is 0.238 e. The lowest BCUT2D eigenvalue weighted by Crippen LogP contribution is -2.15. The number of nitrogens with zero attached hydrogens (tertiary/aromatic N) is 4. The van der Waals surface area contributed by atoms with Gasteiger partial charge in [-0.2, -0.15) is 9.97 Å². The normalized spacial score (nSPS) is 13.6. The molecule has 7 aromatic carbocycles. The first-order chi connectivity index (χ1) is 24.6. The van der Waals surface area contributed by atoms with Crippen LogP contribution >= 0.6 is 0 Å². The molecule has 2 aliphatic carbocycles. The van der Waals surface area contributed by atoms with Gasteiger partial charge < -0.3 is 0 Å². The Morgan fingerprint density at radius 3 is 1.80 bits per heavy atom. The SMILES string of the molecule is CC1(C)c2cccc3c2-c2c1cc1c(c2-c2cccc4cccc-3c24)c2ccccc2n1-c1nc(-c2ccccc2)nc(-c2ccccc2)n1. The minimum Gasteiger partial charge on any atom is -0.278 e. The van der Waals surface area contributed by atoms with Gasteiger partial charge >= 0.3 is 0 Å². The largest absolute Gasteiger partial charge is 0.278 e. The van der Waals surface area contributed by atoms with Crippen molar-refractivity contribution in [1.29, 1.82) is 0 Å². The quantitative estimate of drug-likeness (QED) is 0.193. The van der Waals surface area contributed by atoms with E-state index in [9.17, 15) is 0 Å². The van der Waals surface area contributed by atoms with Gasteiger partial charge in [0.15, 0.2) is 11.6 Å². The van der Waals surface area contributed by atoms with Gasteiger partial charge in [-0.3, -0.25) is 4.57 Å². The van der Waals surface area contributed by atoms with E-state index in [1.54, 1.807) is 0 Å². The Hall–Kier alpha value is -6.39. The Labute approximate surface area is 289 Å². The van der Waals surface area contributed by atoms with E-state index in [-0.39, 0.29) is 5.41 Å². The molecule has 0 unspecified atom stereocenters. The molecule has 2 aromatic heterocycles. The fourth-order valence-electron chi connectivity index (χ4n) is 8.75. The first-order valence-electron chi connectivity index (χ1n) is 17.2. The van der Waals surface area contributed by atoms with Crippen LogP contribution in [0.3, 0.4) is 0 Å². The van der Waals surface area contributed by atoms with E-state index in [1.165, 1.54) is 66.1 Å². The molecule has 9 aromatic rings. The number of hydrogen-bond acceptors (Lipinski definition) is 3. The molecule has 4 nitrogen and oxygen atoms in total. The highest BCUT2D eigenvalue weighted by molar-refractivity contribution is 6.26. The van der Waals surface area contributed by atoms with Crippen molar-refractivity contribution < 1.29 is 0 Å². The third kappa shape index (κ3) is 3.57. The Kier molecular flexibility index (Phi) is 5.42. The molecule has 2 heterocycles. The standard InChI is InChI=1S/C46H30N4/c1-46(2)34-24-13-22-31-30-21-11-18-27-19-12-23-33(38(27)30)41-40-32-20-9-10-25-36(32)50(37(40)26-35(46)42(41)39(31)34)45-48-43(28-14-5-3-6-15-28)47-44(49-45)29-16-7-4-8-17-29/h3-26H,1-2H3. The van der Waals surface area contributed by atoms with Crippen LogP contribution in [0.15, 0.2) is 146 Å². The minimum absolute atomic E-state index is 0.214. The highest BCUT2D eigenvalue weighted by Gasteiger charge is 2.42. The highest BCUT2D eigenvalue weighted by Crippen LogP contribution is 2.61. The summed E-state index contributed by atoms with van der Waals surface area (Å²) in [6, 6.07) is 52.0. The summed E-state index contributed by atoms with van der Waals surface area (Å²) in [6.45, 7) is 4.75. The van der Waals surface area contributed by atoms with Gasteiger partial charge in [0, 0.05) is 32.9 Å². The first-order valence-corrected chi connectivity index (χ1v) is 17.2. The molecule has 0 aliphatic heterocycles. The van der Waals surface area contributed by atoms with Gasteiger partial charge in [0.25, 0.3) is 0 Å².